The normalized spacial score (nSPS) is 11.2. The highest BCUT2D eigenvalue weighted by Crippen LogP contribution is 2.16. The smallest absolute Gasteiger partial charge is 0.332 e. The van der Waals surface area contributed by atoms with Crippen LogP contribution in [0, 0.1) is 0 Å². The van der Waals surface area contributed by atoms with Crippen molar-refractivity contribution in [3.8, 4) is 0 Å². The highest BCUT2D eigenvalue weighted by Gasteiger charge is 2.18. The maximum atomic E-state index is 12.2. The number of unbranched alkanes of at least 4 members (excludes halogenated alkanes) is 1. The van der Waals surface area contributed by atoms with Gasteiger partial charge in [0.05, 0.1) is 6.61 Å². The number of aryl methyl sites for hydroxylation is 2. The summed E-state index contributed by atoms with van der Waals surface area (Å²) in [6.07, 6.45) is 1.89. The van der Waals surface area contributed by atoms with Gasteiger partial charge in [-0.2, -0.15) is 0 Å². The minimum atomic E-state index is -0.407. The molecule has 0 atom stereocenters. The van der Waals surface area contributed by atoms with Crippen molar-refractivity contribution in [3.05, 3.63) is 20.8 Å². The van der Waals surface area contributed by atoms with Crippen LogP contribution in [0.15, 0.2) is 9.59 Å². The highest BCUT2D eigenvalue weighted by atomic mass is 16.3. The van der Waals surface area contributed by atoms with Crippen molar-refractivity contribution in [3.63, 3.8) is 0 Å². The van der Waals surface area contributed by atoms with Crippen molar-refractivity contribution >= 4 is 17.1 Å². The summed E-state index contributed by atoms with van der Waals surface area (Å²) in [6.45, 7) is 3.02. The summed E-state index contributed by atoms with van der Waals surface area (Å²) in [5, 5.41) is 11.9. The van der Waals surface area contributed by atoms with Gasteiger partial charge < -0.3 is 10.4 Å². The Balaban J connectivity index is 2.74. The minimum Gasteiger partial charge on any atom is -0.395 e. The van der Waals surface area contributed by atoms with E-state index in [1.54, 1.807) is 7.05 Å². The van der Waals surface area contributed by atoms with E-state index in [0.717, 1.165) is 17.4 Å². The second-order valence-corrected chi connectivity index (χ2v) is 4.97. The first-order valence-electron chi connectivity index (χ1n) is 7.03. The Kier molecular flexibility index (Phi) is 4.46. The van der Waals surface area contributed by atoms with Gasteiger partial charge in [-0.25, -0.2) is 9.78 Å². The molecule has 0 aromatic carbocycles. The van der Waals surface area contributed by atoms with Gasteiger partial charge in [0, 0.05) is 27.2 Å². The molecule has 0 amide bonds. The SMILES string of the molecule is CCCCn1c(NCCO)nc2c(=O)n(C)c(=O)n(C)c21. The molecule has 0 spiro atoms. The van der Waals surface area contributed by atoms with Crippen LogP contribution in [0.4, 0.5) is 5.95 Å². The highest BCUT2D eigenvalue weighted by molar-refractivity contribution is 5.74. The fourth-order valence-corrected chi connectivity index (χ4v) is 2.32. The van der Waals surface area contributed by atoms with E-state index in [1.807, 2.05) is 4.57 Å². The van der Waals surface area contributed by atoms with E-state index in [4.69, 9.17) is 5.11 Å². The first kappa shape index (κ1) is 15.3. The molecule has 116 valence electrons. The third kappa shape index (κ3) is 2.58. The minimum absolute atomic E-state index is 0.0338. The van der Waals surface area contributed by atoms with Gasteiger partial charge in [-0.05, 0) is 6.42 Å². The molecule has 2 aromatic heterocycles. The predicted octanol–water partition coefficient (Wildman–Crippen LogP) is -0.362. The second kappa shape index (κ2) is 6.13. The maximum Gasteiger partial charge on any atom is 0.332 e. The lowest BCUT2D eigenvalue weighted by molar-refractivity contribution is 0.310. The van der Waals surface area contributed by atoms with Crippen molar-refractivity contribution in [2.75, 3.05) is 18.5 Å². The van der Waals surface area contributed by atoms with Gasteiger partial charge in [-0.15, -0.1) is 0 Å². The third-order valence-electron chi connectivity index (χ3n) is 3.47. The molecule has 0 aliphatic carbocycles. The fourth-order valence-electron chi connectivity index (χ4n) is 2.32. The van der Waals surface area contributed by atoms with Gasteiger partial charge in [-0.3, -0.25) is 18.5 Å². The molecule has 2 N–H and O–H groups in total. The summed E-state index contributed by atoms with van der Waals surface area (Å²) in [5.41, 5.74) is -0.0117. The molecule has 2 aromatic rings. The van der Waals surface area contributed by atoms with Gasteiger partial charge in [0.2, 0.25) is 5.95 Å². The molecule has 0 bridgehead atoms. The van der Waals surface area contributed by atoms with Crippen LogP contribution in [0.1, 0.15) is 19.8 Å². The van der Waals surface area contributed by atoms with E-state index < -0.39 is 5.56 Å². The topological polar surface area (TPSA) is 94.1 Å². The number of rotatable bonds is 6. The number of nitrogens with zero attached hydrogens (tertiary/aromatic N) is 4. The standard InChI is InChI=1S/C13H21N5O3/c1-4-5-7-18-10-9(15-12(18)14-6-8-19)11(20)17(3)13(21)16(10)2/h19H,4-8H2,1-3H3,(H,14,15). The first-order chi connectivity index (χ1) is 10.0. The Morgan fingerprint density at radius 3 is 2.57 bits per heavy atom. The number of aliphatic hydroxyl groups is 1. The van der Waals surface area contributed by atoms with Crippen LogP contribution >= 0.6 is 0 Å². The van der Waals surface area contributed by atoms with Crippen LogP contribution in [0.5, 0.6) is 0 Å². The Labute approximate surface area is 121 Å². The van der Waals surface area contributed by atoms with Gasteiger partial charge in [-0.1, -0.05) is 13.3 Å². The lowest BCUT2D eigenvalue weighted by Gasteiger charge is -2.11. The average molecular weight is 295 g/mol. The summed E-state index contributed by atoms with van der Waals surface area (Å²) in [5.74, 6) is 0.505. The predicted molar refractivity (Wildman–Crippen MR) is 80.7 cm³/mol. The third-order valence-corrected chi connectivity index (χ3v) is 3.47. The Hall–Kier alpha value is -2.09. The van der Waals surface area contributed by atoms with Crippen LogP contribution in [0.25, 0.3) is 11.2 Å². The molecule has 8 nitrogen and oxygen atoms in total. The van der Waals surface area contributed by atoms with Gasteiger partial charge in [0.25, 0.3) is 5.56 Å². The molecule has 0 fully saturated rings. The van der Waals surface area contributed by atoms with Crippen molar-refractivity contribution < 1.29 is 5.11 Å². The monoisotopic (exact) mass is 295 g/mol. The molecule has 0 unspecified atom stereocenters. The van der Waals surface area contributed by atoms with E-state index in [9.17, 15) is 9.59 Å². The van der Waals surface area contributed by atoms with Crippen molar-refractivity contribution in [2.45, 2.75) is 26.3 Å². The number of nitrogens with one attached hydrogen (secondary N) is 1. The van der Waals surface area contributed by atoms with Crippen LogP contribution < -0.4 is 16.6 Å². The molecular weight excluding hydrogens is 274 g/mol. The van der Waals surface area contributed by atoms with E-state index >= 15 is 0 Å². The molecule has 2 heterocycles. The van der Waals surface area contributed by atoms with E-state index in [2.05, 4.69) is 17.2 Å². The Morgan fingerprint density at radius 1 is 1.24 bits per heavy atom. The van der Waals surface area contributed by atoms with Gasteiger partial charge in [0.1, 0.15) is 0 Å². The van der Waals surface area contributed by atoms with Gasteiger partial charge in [0.15, 0.2) is 11.2 Å². The zero-order valence-corrected chi connectivity index (χ0v) is 12.6. The lowest BCUT2D eigenvalue weighted by Crippen LogP contribution is -2.37. The number of aliphatic hydroxyl groups excluding tert-OH is 1. The van der Waals surface area contributed by atoms with E-state index in [1.165, 1.54) is 11.6 Å². The lowest BCUT2D eigenvalue weighted by atomic mass is 10.3. The Bertz CT molecular complexity index is 756. The molecule has 8 heteroatoms. The molecule has 0 aliphatic heterocycles. The first-order valence-corrected chi connectivity index (χ1v) is 7.03. The number of hydrogen-bond acceptors (Lipinski definition) is 5. The number of anilines is 1. The molecule has 0 radical (unpaired) electrons. The van der Waals surface area contributed by atoms with Crippen molar-refractivity contribution in [1.82, 2.24) is 18.7 Å². The number of aromatic nitrogens is 4. The van der Waals surface area contributed by atoms with Crippen molar-refractivity contribution in [1.29, 1.82) is 0 Å². The zero-order chi connectivity index (χ0) is 15.6. The van der Waals surface area contributed by atoms with E-state index in [-0.39, 0.29) is 17.8 Å². The summed E-state index contributed by atoms with van der Waals surface area (Å²) >= 11 is 0. The van der Waals surface area contributed by atoms with Crippen LogP contribution in [0.3, 0.4) is 0 Å². The molecule has 2 rings (SSSR count). The summed E-state index contributed by atoms with van der Waals surface area (Å²) in [7, 11) is 3.07. The summed E-state index contributed by atoms with van der Waals surface area (Å²) in [6, 6.07) is 0. The molecule has 0 saturated carbocycles. The Morgan fingerprint density at radius 2 is 1.95 bits per heavy atom. The quantitative estimate of drug-likeness (QED) is 0.759. The maximum absolute atomic E-state index is 12.2. The van der Waals surface area contributed by atoms with Crippen LogP contribution in [0.2, 0.25) is 0 Å². The van der Waals surface area contributed by atoms with Gasteiger partial charge >= 0.3 is 5.69 Å². The summed E-state index contributed by atoms with van der Waals surface area (Å²) in [4.78, 5) is 28.6. The van der Waals surface area contributed by atoms with Crippen LogP contribution in [-0.4, -0.2) is 36.9 Å². The summed E-state index contributed by atoms with van der Waals surface area (Å²) < 4.78 is 4.32. The molecular formula is C13H21N5O3. The molecule has 21 heavy (non-hydrogen) atoms. The fraction of sp³-hybridized carbons (Fsp3) is 0.615. The number of fused-ring (bicyclic) bond motifs is 1. The van der Waals surface area contributed by atoms with E-state index in [0.29, 0.717) is 24.7 Å². The average Bonchev–Trinajstić information content (AvgIpc) is 2.85. The van der Waals surface area contributed by atoms with Crippen molar-refractivity contribution in [2.24, 2.45) is 14.1 Å². The second-order valence-electron chi connectivity index (χ2n) is 4.97. The number of hydrogen-bond donors (Lipinski definition) is 2. The zero-order valence-electron chi connectivity index (χ0n) is 12.6. The number of imidazole rings is 1. The molecule has 0 saturated heterocycles. The largest absolute Gasteiger partial charge is 0.395 e. The van der Waals surface area contributed by atoms with Crippen LogP contribution in [-0.2, 0) is 20.6 Å². The molecule has 0 aliphatic rings.